The number of hydrogen-bond donors (Lipinski definition) is 0. The highest BCUT2D eigenvalue weighted by atomic mass is 35.5. The molecule has 72 valence electrons. The van der Waals surface area contributed by atoms with Crippen molar-refractivity contribution in [3.8, 4) is 0 Å². The summed E-state index contributed by atoms with van der Waals surface area (Å²) in [6.45, 7) is 0. The second-order valence-electron chi connectivity index (χ2n) is 2.73. The molecule has 0 spiro atoms. The van der Waals surface area contributed by atoms with Crippen molar-refractivity contribution in [1.82, 2.24) is 0 Å². The smallest absolute Gasteiger partial charge is 0.326 e. The monoisotopic (exact) mass is 261 g/mol. The van der Waals surface area contributed by atoms with E-state index in [0.29, 0.717) is 0 Å². The molecule has 1 aromatic carbocycles. The summed E-state index contributed by atoms with van der Waals surface area (Å²) in [5, 5.41) is 2.90. The van der Waals surface area contributed by atoms with Gasteiger partial charge in [-0.2, -0.15) is 0 Å². The summed E-state index contributed by atoms with van der Waals surface area (Å²) in [6, 6.07) is 6.03. The van der Waals surface area contributed by atoms with Crippen LogP contribution >= 0.6 is 34.3 Å². The molecule has 0 amide bonds. The Bertz CT molecular complexity index is 585. The molecule has 3 rings (SSSR count). The molecule has 2 aromatic heterocycles. The number of benzene rings is 1. The molecule has 0 fully saturated rings. The maximum Gasteiger partial charge on any atom is 0.326 e. The van der Waals surface area contributed by atoms with Gasteiger partial charge in [0.1, 0.15) is 9.72 Å². The van der Waals surface area contributed by atoms with Gasteiger partial charge in [-0.1, -0.05) is 40.3 Å². The van der Waals surface area contributed by atoms with Crippen molar-refractivity contribution in [2.45, 2.75) is 0 Å². The molecule has 0 aliphatic rings. The molecular formula is C9H5Cl2NS2. The van der Waals surface area contributed by atoms with Crippen molar-refractivity contribution in [3.05, 3.63) is 34.8 Å². The highest BCUT2D eigenvalue weighted by Crippen LogP contribution is 2.28. The van der Waals surface area contributed by atoms with Crippen molar-refractivity contribution >= 4 is 48.6 Å². The minimum Gasteiger partial charge on any atom is -1.00 e. The molecule has 0 radical (unpaired) electrons. The summed E-state index contributed by atoms with van der Waals surface area (Å²) in [4.78, 5) is 0. The minimum atomic E-state index is 0. The van der Waals surface area contributed by atoms with Gasteiger partial charge >= 0.3 is 4.14 Å². The number of aromatic nitrogens is 1. The fraction of sp³-hybridized carbons (Fsp3) is 0. The first-order valence-electron chi connectivity index (χ1n) is 3.82. The average Bonchev–Trinajstić information content (AvgIpc) is 2.62. The van der Waals surface area contributed by atoms with Crippen molar-refractivity contribution in [2.24, 2.45) is 0 Å². The molecule has 0 aliphatic heterocycles. The summed E-state index contributed by atoms with van der Waals surface area (Å²) < 4.78 is 4.68. The maximum atomic E-state index is 6.12. The van der Waals surface area contributed by atoms with Gasteiger partial charge in [0.15, 0.2) is 6.20 Å². The van der Waals surface area contributed by atoms with Crippen molar-refractivity contribution < 1.29 is 16.8 Å². The number of halogens is 2. The van der Waals surface area contributed by atoms with E-state index in [2.05, 4.69) is 22.0 Å². The van der Waals surface area contributed by atoms with Crippen LogP contribution in [0.1, 0.15) is 0 Å². The van der Waals surface area contributed by atoms with Crippen LogP contribution in [0, 0.1) is 0 Å². The van der Waals surface area contributed by atoms with E-state index in [-0.39, 0.29) is 12.4 Å². The van der Waals surface area contributed by atoms with Gasteiger partial charge in [0.05, 0.1) is 5.38 Å². The van der Waals surface area contributed by atoms with Crippen LogP contribution in [-0.2, 0) is 0 Å². The molecule has 0 aliphatic carbocycles. The first kappa shape index (κ1) is 10.2. The third-order valence-corrected chi connectivity index (χ3v) is 4.38. The van der Waals surface area contributed by atoms with Crippen molar-refractivity contribution in [2.75, 3.05) is 0 Å². The average molecular weight is 262 g/mol. The summed E-state index contributed by atoms with van der Waals surface area (Å²) in [7, 11) is 0. The van der Waals surface area contributed by atoms with Crippen LogP contribution in [0.5, 0.6) is 0 Å². The molecular weight excluding hydrogens is 257 g/mol. The lowest BCUT2D eigenvalue weighted by Crippen LogP contribution is -3.00. The molecule has 2 heterocycles. The van der Waals surface area contributed by atoms with Crippen LogP contribution in [0.3, 0.4) is 0 Å². The third-order valence-electron chi connectivity index (χ3n) is 1.96. The Labute approximate surface area is 100.0 Å². The summed E-state index contributed by atoms with van der Waals surface area (Å²) in [5.74, 6) is 0. The van der Waals surface area contributed by atoms with Crippen LogP contribution < -0.4 is 16.8 Å². The summed E-state index contributed by atoms with van der Waals surface area (Å²) in [6.07, 6.45) is 2.06. The van der Waals surface area contributed by atoms with Gasteiger partial charge in [-0.3, -0.25) is 0 Å². The SMILES string of the molecule is Clc1cccc2sc3scc[n+]3c12.[Cl-]. The quantitative estimate of drug-likeness (QED) is 0.515. The van der Waals surface area contributed by atoms with E-state index in [9.17, 15) is 0 Å². The molecule has 0 bridgehead atoms. The zero-order chi connectivity index (χ0) is 8.84. The standard InChI is InChI=1S/C9H5ClNS2.ClH/c10-6-2-1-3-7-8(6)11-4-5-12-9(11)13-7;/h1-5H;1H/q+1;/p-1. The second-order valence-corrected chi connectivity index (χ2v) is 5.32. The van der Waals surface area contributed by atoms with Gasteiger partial charge in [-0.15, -0.1) is 4.40 Å². The van der Waals surface area contributed by atoms with Crippen LogP contribution in [-0.4, -0.2) is 0 Å². The molecule has 3 aromatic rings. The van der Waals surface area contributed by atoms with E-state index in [1.165, 1.54) is 8.84 Å². The third kappa shape index (κ3) is 1.32. The topological polar surface area (TPSA) is 4.10 Å². The lowest BCUT2D eigenvalue weighted by Gasteiger charge is -1.85. The lowest BCUT2D eigenvalue weighted by molar-refractivity contribution is -0.472. The Kier molecular flexibility index (Phi) is 2.66. The Morgan fingerprint density at radius 3 is 3.00 bits per heavy atom. The highest BCUT2D eigenvalue weighted by molar-refractivity contribution is 7.37. The molecule has 1 nitrogen and oxygen atoms in total. The number of rotatable bonds is 0. The van der Waals surface area contributed by atoms with Crippen molar-refractivity contribution in [1.29, 1.82) is 0 Å². The van der Waals surface area contributed by atoms with Crippen LogP contribution in [0.4, 0.5) is 0 Å². The molecule has 14 heavy (non-hydrogen) atoms. The largest absolute Gasteiger partial charge is 1.00 e. The van der Waals surface area contributed by atoms with Gasteiger partial charge in [-0.05, 0) is 12.1 Å². The Morgan fingerprint density at radius 2 is 2.14 bits per heavy atom. The fourth-order valence-corrected chi connectivity index (χ4v) is 3.82. The molecule has 0 atom stereocenters. The molecule has 0 saturated heterocycles. The van der Waals surface area contributed by atoms with E-state index in [4.69, 9.17) is 11.6 Å². The van der Waals surface area contributed by atoms with E-state index < -0.39 is 0 Å². The first-order chi connectivity index (χ1) is 6.36. The number of thiazole rings is 2. The first-order valence-corrected chi connectivity index (χ1v) is 5.89. The zero-order valence-electron chi connectivity index (χ0n) is 6.91. The zero-order valence-corrected chi connectivity index (χ0v) is 10.1. The molecule has 0 saturated carbocycles. The molecule has 0 unspecified atom stereocenters. The maximum absolute atomic E-state index is 6.12. The Hall–Kier alpha value is -0.350. The number of nitrogens with zero attached hydrogens (tertiary/aromatic N) is 1. The van der Waals surface area contributed by atoms with E-state index in [1.807, 2.05) is 12.1 Å². The summed E-state index contributed by atoms with van der Waals surface area (Å²) >= 11 is 9.65. The Morgan fingerprint density at radius 1 is 1.29 bits per heavy atom. The van der Waals surface area contributed by atoms with E-state index >= 15 is 0 Å². The predicted octanol–water partition coefficient (Wildman–Crippen LogP) is 0.359. The Balaban J connectivity index is 0.000000750. The van der Waals surface area contributed by atoms with Crippen molar-refractivity contribution in [3.63, 3.8) is 0 Å². The normalized spacial score (nSPS) is 10.6. The van der Waals surface area contributed by atoms with Gasteiger partial charge in [0, 0.05) is 0 Å². The van der Waals surface area contributed by atoms with Crippen LogP contribution in [0.2, 0.25) is 5.02 Å². The highest BCUT2D eigenvalue weighted by Gasteiger charge is 2.16. The number of para-hydroxylation sites is 1. The van der Waals surface area contributed by atoms with Gasteiger partial charge in [0.2, 0.25) is 5.52 Å². The van der Waals surface area contributed by atoms with E-state index in [1.54, 1.807) is 22.7 Å². The number of fused-ring (bicyclic) bond motifs is 3. The minimum absolute atomic E-state index is 0. The summed E-state index contributed by atoms with van der Waals surface area (Å²) in [5.41, 5.74) is 1.13. The lowest BCUT2D eigenvalue weighted by atomic mass is 10.3. The molecule has 0 N–H and O–H groups in total. The molecule has 5 heteroatoms. The van der Waals surface area contributed by atoms with Gasteiger partial charge in [-0.25, -0.2) is 0 Å². The van der Waals surface area contributed by atoms with Gasteiger partial charge < -0.3 is 12.4 Å². The van der Waals surface area contributed by atoms with Crippen LogP contribution in [0.15, 0.2) is 29.8 Å². The van der Waals surface area contributed by atoms with E-state index in [0.717, 1.165) is 10.5 Å². The number of hydrogen-bond acceptors (Lipinski definition) is 2. The van der Waals surface area contributed by atoms with Gasteiger partial charge in [0.25, 0.3) is 0 Å². The predicted molar refractivity (Wildman–Crippen MR) is 57.9 cm³/mol. The van der Waals surface area contributed by atoms with Crippen LogP contribution in [0.25, 0.3) is 14.4 Å². The fourth-order valence-electron chi connectivity index (χ4n) is 1.41. The second kappa shape index (κ2) is 3.66.